The van der Waals surface area contributed by atoms with Gasteiger partial charge in [-0.15, -0.1) is 0 Å². The number of carbonyl (C=O) groups excluding carboxylic acids is 1. The van der Waals surface area contributed by atoms with Gasteiger partial charge in [-0.25, -0.2) is 8.42 Å². The van der Waals surface area contributed by atoms with E-state index in [-0.39, 0.29) is 10.8 Å². The summed E-state index contributed by atoms with van der Waals surface area (Å²) < 4.78 is 28.1. The van der Waals surface area contributed by atoms with E-state index in [2.05, 4.69) is 26.1 Å². The summed E-state index contributed by atoms with van der Waals surface area (Å²) >= 11 is 3.33. The fraction of sp³-hybridized carbons (Fsp3) is 0.316. The zero-order valence-corrected chi connectivity index (χ0v) is 17.0. The molecule has 27 heavy (non-hydrogen) atoms. The molecule has 2 heterocycles. The fourth-order valence-electron chi connectivity index (χ4n) is 3.91. The second kappa shape index (κ2) is 6.92. The number of benzene rings is 2. The topological polar surface area (TPSA) is 69.7 Å². The van der Waals surface area contributed by atoms with E-state index in [9.17, 15) is 13.2 Å². The van der Waals surface area contributed by atoms with Crippen molar-refractivity contribution < 1.29 is 13.2 Å². The lowest BCUT2D eigenvalue weighted by atomic mass is 9.86. The summed E-state index contributed by atoms with van der Waals surface area (Å²) in [6.07, 6.45) is 0.919. The van der Waals surface area contributed by atoms with E-state index in [1.165, 1.54) is 4.31 Å². The highest BCUT2D eigenvalue weighted by atomic mass is 79.9. The number of rotatable bonds is 3. The van der Waals surface area contributed by atoms with Gasteiger partial charge in [0.05, 0.1) is 11.6 Å². The Labute approximate surface area is 167 Å². The lowest BCUT2D eigenvalue weighted by molar-refractivity contribution is -0.124. The summed E-state index contributed by atoms with van der Waals surface area (Å²) in [5.74, 6) is -0.0224. The number of nitrogens with one attached hydrogen (secondary N) is 1. The van der Waals surface area contributed by atoms with Crippen molar-refractivity contribution in [2.45, 2.75) is 23.3 Å². The van der Waals surface area contributed by atoms with Crippen LogP contribution in [0, 0.1) is 0 Å². The van der Waals surface area contributed by atoms with Gasteiger partial charge < -0.3 is 10.2 Å². The molecule has 2 aromatic rings. The van der Waals surface area contributed by atoms with Gasteiger partial charge in [-0.1, -0.05) is 40.2 Å². The summed E-state index contributed by atoms with van der Waals surface area (Å²) in [4.78, 5) is 15.0. The third-order valence-electron chi connectivity index (χ3n) is 5.39. The predicted octanol–water partition coefficient (Wildman–Crippen LogP) is 2.57. The Balaban J connectivity index is 1.58. The van der Waals surface area contributed by atoms with Gasteiger partial charge >= 0.3 is 0 Å². The summed E-state index contributed by atoms with van der Waals surface area (Å²) in [6.45, 7) is 1.07. The smallest absolute Gasteiger partial charge is 0.247 e. The van der Waals surface area contributed by atoms with Crippen molar-refractivity contribution in [2.75, 3.05) is 24.7 Å². The third-order valence-corrected chi connectivity index (χ3v) is 7.78. The molecule has 8 heteroatoms. The van der Waals surface area contributed by atoms with E-state index < -0.39 is 15.6 Å². The van der Waals surface area contributed by atoms with E-state index in [4.69, 9.17) is 0 Å². The summed E-state index contributed by atoms with van der Waals surface area (Å²) in [5, 5.41) is 2.93. The Morgan fingerprint density at radius 1 is 1.00 bits per heavy atom. The normalized spacial score (nSPS) is 20.0. The van der Waals surface area contributed by atoms with Gasteiger partial charge in [0.2, 0.25) is 15.9 Å². The zero-order chi connectivity index (χ0) is 19.1. The molecule has 2 aliphatic heterocycles. The van der Waals surface area contributed by atoms with Crippen molar-refractivity contribution >= 4 is 37.5 Å². The molecule has 0 aromatic heterocycles. The molecule has 4 rings (SSSR count). The molecule has 6 nitrogen and oxygen atoms in total. The van der Waals surface area contributed by atoms with Crippen molar-refractivity contribution in [3.05, 3.63) is 59.1 Å². The summed E-state index contributed by atoms with van der Waals surface area (Å²) in [5.41, 5.74) is 0.282. The lowest BCUT2D eigenvalue weighted by Crippen LogP contribution is -2.57. The Kier molecular flexibility index (Phi) is 4.73. The predicted molar refractivity (Wildman–Crippen MR) is 107 cm³/mol. The molecule has 1 amide bonds. The Morgan fingerprint density at radius 2 is 1.70 bits per heavy atom. The maximum Gasteiger partial charge on any atom is 0.247 e. The molecule has 1 N–H and O–H groups in total. The van der Waals surface area contributed by atoms with Crippen LogP contribution in [0.25, 0.3) is 0 Å². The van der Waals surface area contributed by atoms with Gasteiger partial charge in [0, 0.05) is 23.2 Å². The van der Waals surface area contributed by atoms with E-state index in [1.54, 1.807) is 24.3 Å². The number of hydrogen-bond donors (Lipinski definition) is 1. The van der Waals surface area contributed by atoms with Crippen LogP contribution in [-0.4, -0.2) is 43.9 Å². The minimum absolute atomic E-state index is 0.0224. The van der Waals surface area contributed by atoms with Crippen LogP contribution in [0.5, 0.6) is 0 Å². The first-order valence-electron chi connectivity index (χ1n) is 8.80. The zero-order valence-electron chi connectivity index (χ0n) is 14.6. The molecule has 0 saturated carbocycles. The van der Waals surface area contributed by atoms with Gasteiger partial charge in [0.15, 0.2) is 0 Å². The number of para-hydroxylation sites is 1. The molecule has 0 unspecified atom stereocenters. The quantitative estimate of drug-likeness (QED) is 0.781. The van der Waals surface area contributed by atoms with Gasteiger partial charge in [-0.3, -0.25) is 4.79 Å². The van der Waals surface area contributed by atoms with Crippen molar-refractivity contribution in [2.24, 2.45) is 0 Å². The van der Waals surface area contributed by atoms with Crippen LogP contribution in [0.4, 0.5) is 5.69 Å². The van der Waals surface area contributed by atoms with Gasteiger partial charge in [0.1, 0.15) is 5.54 Å². The van der Waals surface area contributed by atoms with E-state index >= 15 is 0 Å². The van der Waals surface area contributed by atoms with E-state index in [0.29, 0.717) is 32.6 Å². The number of nitrogens with zero attached hydrogens (tertiary/aromatic N) is 2. The van der Waals surface area contributed by atoms with E-state index in [1.807, 2.05) is 30.3 Å². The molecule has 0 bridgehead atoms. The number of hydrogen-bond acceptors (Lipinski definition) is 4. The van der Waals surface area contributed by atoms with Crippen LogP contribution >= 0.6 is 15.9 Å². The first-order valence-corrected chi connectivity index (χ1v) is 11.0. The standard InChI is InChI=1S/C19H20BrN3O3S/c20-15-5-4-8-17(13-15)27(25,26)22-11-9-19(10-12-22)18(24)21-14-23(19)16-6-2-1-3-7-16/h1-8,13H,9-12,14H2,(H,21,24). The number of anilines is 1. The largest absolute Gasteiger partial charge is 0.339 e. The number of halogens is 1. The van der Waals surface area contributed by atoms with Crippen molar-refractivity contribution in [1.82, 2.24) is 9.62 Å². The van der Waals surface area contributed by atoms with Crippen LogP contribution < -0.4 is 10.2 Å². The Hall–Kier alpha value is -1.90. The minimum Gasteiger partial charge on any atom is -0.339 e. The second-order valence-corrected chi connectivity index (χ2v) is 9.67. The molecule has 1 spiro atoms. The van der Waals surface area contributed by atoms with E-state index in [0.717, 1.165) is 10.2 Å². The Morgan fingerprint density at radius 3 is 2.37 bits per heavy atom. The maximum absolute atomic E-state index is 13.0. The molecule has 2 aliphatic rings. The molecular formula is C19H20BrN3O3S. The molecule has 2 saturated heterocycles. The number of sulfonamides is 1. The van der Waals surface area contributed by atoms with Gasteiger partial charge in [-0.2, -0.15) is 4.31 Å². The monoisotopic (exact) mass is 449 g/mol. The molecule has 0 atom stereocenters. The SMILES string of the molecule is O=C1NCN(c2ccccc2)C12CCN(S(=O)(=O)c1cccc(Br)c1)CC2. The van der Waals surface area contributed by atoms with Crippen LogP contribution in [0.3, 0.4) is 0 Å². The second-order valence-electron chi connectivity index (χ2n) is 6.82. The Bertz CT molecular complexity index is 957. The highest BCUT2D eigenvalue weighted by Gasteiger charge is 2.51. The average molecular weight is 450 g/mol. The lowest BCUT2D eigenvalue weighted by Gasteiger charge is -2.42. The fourth-order valence-corrected chi connectivity index (χ4v) is 5.94. The molecule has 0 radical (unpaired) electrons. The average Bonchev–Trinajstić information content (AvgIpc) is 2.99. The molecular weight excluding hydrogens is 430 g/mol. The highest BCUT2D eigenvalue weighted by Crippen LogP contribution is 2.37. The van der Waals surface area contributed by atoms with Crippen molar-refractivity contribution in [1.29, 1.82) is 0 Å². The minimum atomic E-state index is -3.58. The number of amides is 1. The molecule has 142 valence electrons. The molecule has 2 aromatic carbocycles. The molecule has 2 fully saturated rings. The third kappa shape index (κ3) is 3.15. The highest BCUT2D eigenvalue weighted by molar-refractivity contribution is 9.10. The van der Waals surface area contributed by atoms with Gasteiger partial charge in [0.25, 0.3) is 0 Å². The van der Waals surface area contributed by atoms with Crippen LogP contribution in [0.15, 0.2) is 64.0 Å². The number of piperidine rings is 1. The van der Waals surface area contributed by atoms with Crippen molar-refractivity contribution in [3.8, 4) is 0 Å². The summed E-state index contributed by atoms with van der Waals surface area (Å²) in [7, 11) is -3.58. The maximum atomic E-state index is 13.0. The molecule has 0 aliphatic carbocycles. The van der Waals surface area contributed by atoms with Crippen LogP contribution in [0.2, 0.25) is 0 Å². The summed E-state index contributed by atoms with van der Waals surface area (Å²) in [6, 6.07) is 16.5. The van der Waals surface area contributed by atoms with Crippen LogP contribution in [-0.2, 0) is 14.8 Å². The van der Waals surface area contributed by atoms with Crippen LogP contribution in [0.1, 0.15) is 12.8 Å². The number of carbonyl (C=O) groups is 1. The van der Waals surface area contributed by atoms with Crippen molar-refractivity contribution in [3.63, 3.8) is 0 Å². The van der Waals surface area contributed by atoms with Gasteiger partial charge in [-0.05, 0) is 43.2 Å². The first kappa shape index (κ1) is 18.5. The first-order chi connectivity index (χ1) is 12.9.